The van der Waals surface area contributed by atoms with Gasteiger partial charge in [-0.3, -0.25) is 19.4 Å². The molecule has 28 heavy (non-hydrogen) atoms. The van der Waals surface area contributed by atoms with E-state index in [1.165, 1.54) is 20.8 Å². The largest absolute Gasteiger partial charge is 0.463 e. The maximum absolute atomic E-state index is 11.5. The van der Waals surface area contributed by atoms with Crippen molar-refractivity contribution in [1.82, 2.24) is 0 Å². The van der Waals surface area contributed by atoms with Crippen molar-refractivity contribution in [2.75, 3.05) is 26.0 Å². The van der Waals surface area contributed by atoms with E-state index in [-0.39, 0.29) is 13.2 Å². The van der Waals surface area contributed by atoms with Crippen molar-refractivity contribution < 1.29 is 33.3 Å². The van der Waals surface area contributed by atoms with Crippen LogP contribution in [0.3, 0.4) is 0 Å². The molecule has 0 aliphatic heterocycles. The molecule has 0 bridgehead atoms. The van der Waals surface area contributed by atoms with Crippen LogP contribution in [-0.4, -0.2) is 67.3 Å². The molecule has 0 rings (SSSR count). The number of nitrogens with zero attached hydrogens (tertiary/aromatic N) is 1. The Hall–Kier alpha value is -1.87. The summed E-state index contributed by atoms with van der Waals surface area (Å²) >= 11 is 1.56. The van der Waals surface area contributed by atoms with Crippen LogP contribution in [0.5, 0.6) is 0 Å². The molecule has 0 aromatic heterocycles. The monoisotopic (exact) mass is 417 g/mol. The molecule has 3 atom stereocenters. The summed E-state index contributed by atoms with van der Waals surface area (Å²) < 4.78 is 21.2. The quantitative estimate of drug-likeness (QED) is 0.113. The van der Waals surface area contributed by atoms with Crippen molar-refractivity contribution in [2.45, 2.75) is 58.8 Å². The van der Waals surface area contributed by atoms with Crippen LogP contribution in [0.4, 0.5) is 0 Å². The molecule has 0 unspecified atom stereocenters. The van der Waals surface area contributed by atoms with E-state index in [1.807, 2.05) is 12.3 Å². The van der Waals surface area contributed by atoms with Gasteiger partial charge in [-0.05, 0) is 26.0 Å². The van der Waals surface area contributed by atoms with Gasteiger partial charge in [0, 0.05) is 20.8 Å². The first-order valence-corrected chi connectivity index (χ1v) is 10.2. The van der Waals surface area contributed by atoms with E-state index in [9.17, 15) is 14.4 Å². The maximum atomic E-state index is 11.5. The van der Waals surface area contributed by atoms with Gasteiger partial charge in [0.15, 0.2) is 6.10 Å². The lowest BCUT2D eigenvalue weighted by atomic mass is 10.1. The lowest BCUT2D eigenvalue weighted by Crippen LogP contribution is -2.45. The predicted molar refractivity (Wildman–Crippen MR) is 108 cm³/mol. The molecule has 0 aromatic carbocycles. The fraction of sp³-hybridized carbons (Fsp3) is 0.684. The van der Waals surface area contributed by atoms with Gasteiger partial charge >= 0.3 is 17.9 Å². The van der Waals surface area contributed by atoms with Gasteiger partial charge in [-0.25, -0.2) is 0 Å². The average Bonchev–Trinajstić information content (AvgIpc) is 2.60. The van der Waals surface area contributed by atoms with Gasteiger partial charge in [-0.2, -0.15) is 0 Å². The normalized spacial score (nSPS) is 14.5. The second-order valence-electron chi connectivity index (χ2n) is 5.91. The highest BCUT2D eigenvalue weighted by Gasteiger charge is 2.33. The van der Waals surface area contributed by atoms with E-state index in [2.05, 4.69) is 11.6 Å². The number of rotatable bonds is 13. The molecular formula is C19H31NO7S. The number of carbonyl (C=O) groups excluding carboxylic acids is 3. The van der Waals surface area contributed by atoms with E-state index >= 15 is 0 Å². The molecule has 0 spiro atoms. The Kier molecular flexibility index (Phi) is 14.1. The van der Waals surface area contributed by atoms with E-state index in [0.29, 0.717) is 6.54 Å². The molecule has 0 heterocycles. The fourth-order valence-corrected chi connectivity index (χ4v) is 2.82. The molecule has 0 saturated carbocycles. The minimum absolute atomic E-state index is 0.144. The zero-order chi connectivity index (χ0) is 21.5. The number of aliphatic imine (C=N–C) groups is 1. The van der Waals surface area contributed by atoms with Crippen molar-refractivity contribution in [3.8, 4) is 0 Å². The molecule has 0 N–H and O–H groups in total. The van der Waals surface area contributed by atoms with Gasteiger partial charge < -0.3 is 18.9 Å². The van der Waals surface area contributed by atoms with Gasteiger partial charge in [0.25, 0.3) is 0 Å². The Morgan fingerprint density at radius 1 is 1.11 bits per heavy atom. The Morgan fingerprint density at radius 2 is 1.75 bits per heavy atom. The van der Waals surface area contributed by atoms with Crippen molar-refractivity contribution in [3.63, 3.8) is 0 Å². The Labute approximate surface area is 171 Å². The standard InChI is InChI=1S/C19H31NO7S/c1-7-8-9-18(28-6)20-10-11-24-17(12-25-14(3)21)19(27-16(5)23)13(2)26-15(4)22/h7,13,17,19H,1,8-12H2,2-6H3/t13-,17-,19+/m1/s1. The molecule has 9 heteroatoms. The van der Waals surface area contributed by atoms with Crippen molar-refractivity contribution in [2.24, 2.45) is 4.99 Å². The highest BCUT2D eigenvalue weighted by atomic mass is 32.2. The number of allylic oxidation sites excluding steroid dienone is 1. The van der Waals surface area contributed by atoms with Crippen LogP contribution in [0.1, 0.15) is 40.5 Å². The lowest BCUT2D eigenvalue weighted by Gasteiger charge is -2.30. The van der Waals surface area contributed by atoms with Crippen LogP contribution < -0.4 is 0 Å². The summed E-state index contributed by atoms with van der Waals surface area (Å²) in [6, 6.07) is 0. The summed E-state index contributed by atoms with van der Waals surface area (Å²) in [6.45, 7) is 9.50. The van der Waals surface area contributed by atoms with Gasteiger partial charge in [-0.15, -0.1) is 18.3 Å². The van der Waals surface area contributed by atoms with E-state index in [4.69, 9.17) is 18.9 Å². The van der Waals surface area contributed by atoms with Gasteiger partial charge in [-0.1, -0.05) is 6.08 Å². The molecule has 0 fully saturated rings. The van der Waals surface area contributed by atoms with Crippen molar-refractivity contribution in [3.05, 3.63) is 12.7 Å². The SMILES string of the molecule is C=CCCC(=NCCO[C@H](COC(C)=O)[C@@H](OC(C)=O)[C@@H](C)OC(C)=O)SC. The molecular weight excluding hydrogens is 386 g/mol. The summed E-state index contributed by atoms with van der Waals surface area (Å²) in [7, 11) is 0. The predicted octanol–water partition coefficient (Wildman–Crippen LogP) is 2.55. The first-order chi connectivity index (χ1) is 13.2. The number of esters is 3. The first-order valence-electron chi connectivity index (χ1n) is 8.98. The van der Waals surface area contributed by atoms with Crippen molar-refractivity contribution >= 4 is 34.7 Å². The van der Waals surface area contributed by atoms with E-state index < -0.39 is 36.2 Å². The maximum Gasteiger partial charge on any atom is 0.303 e. The molecule has 160 valence electrons. The number of hydrogen-bond donors (Lipinski definition) is 0. The summed E-state index contributed by atoms with van der Waals surface area (Å²) in [5.41, 5.74) is 0. The van der Waals surface area contributed by atoms with E-state index in [1.54, 1.807) is 18.7 Å². The van der Waals surface area contributed by atoms with Crippen LogP contribution in [0.2, 0.25) is 0 Å². The minimum Gasteiger partial charge on any atom is -0.463 e. The number of carbonyl (C=O) groups is 3. The number of thioether (sulfide) groups is 1. The van der Waals surface area contributed by atoms with Gasteiger partial charge in [0.2, 0.25) is 0 Å². The summed E-state index contributed by atoms with van der Waals surface area (Å²) in [5.74, 6) is -1.58. The Balaban J connectivity index is 5.09. The third-order valence-corrected chi connectivity index (χ3v) is 4.25. The molecule has 0 amide bonds. The summed E-state index contributed by atoms with van der Waals surface area (Å²) in [5, 5.41) is 0.977. The summed E-state index contributed by atoms with van der Waals surface area (Å²) in [6.07, 6.45) is 2.92. The number of hydrogen-bond acceptors (Lipinski definition) is 9. The van der Waals surface area contributed by atoms with Gasteiger partial charge in [0.1, 0.15) is 18.8 Å². The third-order valence-electron chi connectivity index (χ3n) is 3.44. The highest BCUT2D eigenvalue weighted by molar-refractivity contribution is 8.13. The first kappa shape index (κ1) is 26.1. The molecule has 0 saturated heterocycles. The average molecular weight is 418 g/mol. The third kappa shape index (κ3) is 12.5. The zero-order valence-electron chi connectivity index (χ0n) is 17.3. The smallest absolute Gasteiger partial charge is 0.303 e. The number of ether oxygens (including phenoxy) is 4. The fourth-order valence-electron chi connectivity index (χ4n) is 2.28. The molecule has 0 aromatic rings. The Bertz CT molecular complexity index is 550. The second-order valence-corrected chi connectivity index (χ2v) is 6.79. The van der Waals surface area contributed by atoms with Gasteiger partial charge in [0.05, 0.1) is 18.2 Å². The Morgan fingerprint density at radius 3 is 2.25 bits per heavy atom. The molecule has 0 aliphatic carbocycles. The van der Waals surface area contributed by atoms with Crippen molar-refractivity contribution in [1.29, 1.82) is 0 Å². The summed E-state index contributed by atoms with van der Waals surface area (Å²) in [4.78, 5) is 38.4. The molecule has 8 nitrogen and oxygen atoms in total. The molecule has 0 aliphatic rings. The van der Waals surface area contributed by atoms with Crippen LogP contribution in [0.25, 0.3) is 0 Å². The topological polar surface area (TPSA) is 100 Å². The highest BCUT2D eigenvalue weighted by Crippen LogP contribution is 2.14. The minimum atomic E-state index is -0.925. The lowest BCUT2D eigenvalue weighted by molar-refractivity contribution is -0.182. The van der Waals surface area contributed by atoms with Crippen LogP contribution in [0, 0.1) is 0 Å². The molecule has 0 radical (unpaired) electrons. The van der Waals surface area contributed by atoms with Crippen LogP contribution in [-0.2, 0) is 33.3 Å². The zero-order valence-corrected chi connectivity index (χ0v) is 18.1. The second kappa shape index (κ2) is 15.1. The van der Waals surface area contributed by atoms with Crippen LogP contribution >= 0.6 is 11.8 Å². The van der Waals surface area contributed by atoms with Crippen LogP contribution in [0.15, 0.2) is 17.6 Å². The van der Waals surface area contributed by atoms with E-state index in [0.717, 1.165) is 17.9 Å².